The van der Waals surface area contributed by atoms with E-state index < -0.39 is 5.82 Å². The number of benzene rings is 2. The second-order valence-corrected chi connectivity index (χ2v) is 8.02. The minimum atomic E-state index is -0.448. The Morgan fingerprint density at radius 1 is 1.03 bits per heavy atom. The first-order valence-corrected chi connectivity index (χ1v) is 10.7. The van der Waals surface area contributed by atoms with Crippen LogP contribution in [0.4, 0.5) is 14.9 Å². The van der Waals surface area contributed by atoms with Gasteiger partial charge in [-0.15, -0.1) is 0 Å². The third-order valence-corrected chi connectivity index (χ3v) is 5.92. The van der Waals surface area contributed by atoms with Gasteiger partial charge in [-0.05, 0) is 24.3 Å². The summed E-state index contributed by atoms with van der Waals surface area (Å²) in [4.78, 5) is 34.6. The van der Waals surface area contributed by atoms with Crippen molar-refractivity contribution in [3.05, 3.63) is 66.5 Å². The van der Waals surface area contributed by atoms with Crippen LogP contribution in [0.3, 0.4) is 0 Å². The number of carbonyl (C=O) groups excluding carboxylic acids is 2. The first-order chi connectivity index (χ1) is 15.6. The third-order valence-electron chi connectivity index (χ3n) is 5.92. The molecule has 3 aromatic rings. The molecule has 32 heavy (non-hydrogen) atoms. The van der Waals surface area contributed by atoms with Gasteiger partial charge in [0, 0.05) is 37.5 Å². The minimum Gasteiger partial charge on any atom is -0.472 e. The monoisotopic (exact) mass is 434 g/mol. The van der Waals surface area contributed by atoms with Crippen LogP contribution in [0.5, 0.6) is 5.88 Å². The van der Waals surface area contributed by atoms with Crippen LogP contribution in [0.15, 0.2) is 60.7 Å². The van der Waals surface area contributed by atoms with E-state index in [1.54, 1.807) is 23.1 Å². The molecule has 7 nitrogen and oxygen atoms in total. The maximum atomic E-state index is 14.1. The van der Waals surface area contributed by atoms with Crippen molar-refractivity contribution in [1.29, 1.82) is 0 Å². The Morgan fingerprint density at radius 3 is 2.72 bits per heavy atom. The number of para-hydroxylation sites is 2. The molecule has 0 radical (unpaired) electrons. The maximum Gasteiger partial charge on any atom is 0.325 e. The Labute approximate surface area is 185 Å². The van der Waals surface area contributed by atoms with Crippen molar-refractivity contribution < 1.29 is 18.7 Å². The van der Waals surface area contributed by atoms with E-state index in [2.05, 4.69) is 4.98 Å². The van der Waals surface area contributed by atoms with Gasteiger partial charge in [0.15, 0.2) is 0 Å². The zero-order chi connectivity index (χ0) is 22.1. The lowest BCUT2D eigenvalue weighted by Crippen LogP contribution is -2.42. The van der Waals surface area contributed by atoms with Crippen LogP contribution in [0.2, 0.25) is 0 Å². The highest BCUT2D eigenvalue weighted by atomic mass is 19.1. The highest BCUT2D eigenvalue weighted by Gasteiger charge is 2.35. The quantitative estimate of drug-likeness (QED) is 0.618. The van der Waals surface area contributed by atoms with Crippen LogP contribution in [-0.2, 0) is 4.79 Å². The van der Waals surface area contributed by atoms with Crippen molar-refractivity contribution in [2.24, 2.45) is 0 Å². The Bertz CT molecular complexity index is 1170. The molecule has 3 heterocycles. The number of likely N-dealkylation sites (tertiary alicyclic amines) is 1. The van der Waals surface area contributed by atoms with Crippen molar-refractivity contribution in [3.8, 4) is 5.88 Å². The van der Waals surface area contributed by atoms with Gasteiger partial charge >= 0.3 is 6.03 Å². The minimum absolute atomic E-state index is 0.0231. The van der Waals surface area contributed by atoms with Crippen molar-refractivity contribution in [2.45, 2.75) is 12.5 Å². The molecule has 1 aromatic heterocycles. The van der Waals surface area contributed by atoms with Crippen molar-refractivity contribution in [3.63, 3.8) is 0 Å². The number of ether oxygens (including phenoxy) is 1. The van der Waals surface area contributed by atoms with Crippen molar-refractivity contribution in [2.75, 3.05) is 37.6 Å². The van der Waals surface area contributed by atoms with Gasteiger partial charge in [0.1, 0.15) is 18.5 Å². The molecule has 5 rings (SSSR count). The molecule has 0 spiro atoms. The van der Waals surface area contributed by atoms with E-state index in [-0.39, 0.29) is 30.3 Å². The summed E-state index contributed by atoms with van der Waals surface area (Å²) in [5.74, 6) is -0.0413. The number of halogens is 1. The van der Waals surface area contributed by atoms with Crippen molar-refractivity contribution in [1.82, 2.24) is 14.8 Å². The normalized spacial score (nSPS) is 18.6. The lowest BCUT2D eigenvalue weighted by molar-refractivity contribution is -0.130. The number of aromatic nitrogens is 1. The Morgan fingerprint density at radius 2 is 1.84 bits per heavy atom. The van der Waals surface area contributed by atoms with Gasteiger partial charge in [-0.3, -0.25) is 9.69 Å². The highest BCUT2D eigenvalue weighted by molar-refractivity contribution is 5.96. The smallest absolute Gasteiger partial charge is 0.325 e. The van der Waals surface area contributed by atoms with Gasteiger partial charge in [0.2, 0.25) is 11.8 Å². The number of hydrogen-bond acceptors (Lipinski definition) is 4. The van der Waals surface area contributed by atoms with E-state index in [4.69, 9.17) is 4.74 Å². The molecule has 2 aliphatic rings. The topological polar surface area (TPSA) is 66.0 Å². The molecule has 3 amide bonds. The molecule has 2 aromatic carbocycles. The summed E-state index contributed by atoms with van der Waals surface area (Å²) in [5.41, 5.74) is 1.10. The number of amides is 3. The van der Waals surface area contributed by atoms with E-state index >= 15 is 0 Å². The van der Waals surface area contributed by atoms with Crippen LogP contribution >= 0.6 is 0 Å². The van der Waals surface area contributed by atoms with Gasteiger partial charge < -0.3 is 14.5 Å². The fourth-order valence-corrected chi connectivity index (χ4v) is 4.22. The van der Waals surface area contributed by atoms with Crippen molar-refractivity contribution >= 4 is 28.5 Å². The molecule has 0 bridgehead atoms. The predicted octanol–water partition coefficient (Wildman–Crippen LogP) is 3.30. The molecular formula is C24H23FN4O3. The summed E-state index contributed by atoms with van der Waals surface area (Å²) in [6.45, 7) is 1.73. The molecule has 8 heteroatoms. The van der Waals surface area contributed by atoms with Crippen LogP contribution in [-0.4, -0.2) is 65.5 Å². The number of urea groups is 1. The summed E-state index contributed by atoms with van der Waals surface area (Å²) < 4.78 is 20.1. The molecule has 0 saturated carbocycles. The maximum absolute atomic E-state index is 14.1. The Kier molecular flexibility index (Phi) is 5.34. The van der Waals surface area contributed by atoms with Gasteiger partial charge in [-0.2, -0.15) is 0 Å². The van der Waals surface area contributed by atoms with E-state index in [9.17, 15) is 14.0 Å². The second kappa shape index (κ2) is 8.45. The van der Waals surface area contributed by atoms with Crippen LogP contribution < -0.4 is 9.64 Å². The fraction of sp³-hybridized carbons (Fsp3) is 0.292. The molecule has 164 valence electrons. The molecule has 1 unspecified atom stereocenters. The summed E-state index contributed by atoms with van der Waals surface area (Å²) in [6.07, 6.45) is 0.562. The largest absolute Gasteiger partial charge is 0.472 e. The Balaban J connectivity index is 1.17. The fourth-order valence-electron chi connectivity index (χ4n) is 4.22. The summed E-state index contributed by atoms with van der Waals surface area (Å²) >= 11 is 0. The summed E-state index contributed by atoms with van der Waals surface area (Å²) in [7, 11) is 0. The number of rotatable bonds is 5. The molecule has 0 aliphatic carbocycles. The first kappa shape index (κ1) is 20.2. The standard InChI is InChI=1S/C24H23FN4O3/c25-19-6-2-4-8-21(19)29-14-13-28(24(29)31)16-23(30)27-12-11-18(15-27)32-22-10-9-17-5-1-3-7-20(17)26-22/h1-10,18H,11-16H2. The van der Waals surface area contributed by atoms with Gasteiger partial charge in [0.05, 0.1) is 17.7 Å². The zero-order valence-electron chi connectivity index (χ0n) is 17.5. The molecule has 1 atom stereocenters. The number of anilines is 1. The number of pyridine rings is 1. The van der Waals surface area contributed by atoms with Gasteiger partial charge in [0.25, 0.3) is 0 Å². The Hall–Kier alpha value is -3.68. The molecule has 2 fully saturated rings. The first-order valence-electron chi connectivity index (χ1n) is 10.7. The molecule has 2 saturated heterocycles. The van der Waals surface area contributed by atoms with Crippen LogP contribution in [0.25, 0.3) is 10.9 Å². The van der Waals surface area contributed by atoms with E-state index in [1.165, 1.54) is 15.9 Å². The lowest BCUT2D eigenvalue weighted by Gasteiger charge is -2.22. The van der Waals surface area contributed by atoms with E-state index in [0.717, 1.165) is 10.9 Å². The van der Waals surface area contributed by atoms with Crippen LogP contribution in [0.1, 0.15) is 6.42 Å². The average Bonchev–Trinajstić information content (AvgIpc) is 3.41. The number of hydrogen-bond donors (Lipinski definition) is 0. The highest BCUT2D eigenvalue weighted by Crippen LogP contribution is 2.24. The average molecular weight is 434 g/mol. The third kappa shape index (κ3) is 3.95. The number of nitrogens with zero attached hydrogens (tertiary/aromatic N) is 4. The van der Waals surface area contributed by atoms with E-state index in [1.807, 2.05) is 36.4 Å². The second-order valence-electron chi connectivity index (χ2n) is 8.02. The predicted molar refractivity (Wildman–Crippen MR) is 118 cm³/mol. The van der Waals surface area contributed by atoms with Crippen LogP contribution in [0, 0.1) is 5.82 Å². The van der Waals surface area contributed by atoms with E-state index in [0.29, 0.717) is 38.5 Å². The number of fused-ring (bicyclic) bond motifs is 1. The molecular weight excluding hydrogens is 411 g/mol. The number of carbonyl (C=O) groups is 2. The van der Waals surface area contributed by atoms with Gasteiger partial charge in [-0.25, -0.2) is 14.2 Å². The van der Waals surface area contributed by atoms with Gasteiger partial charge in [-0.1, -0.05) is 30.3 Å². The molecule has 2 aliphatic heterocycles. The molecule has 0 N–H and O–H groups in total. The lowest BCUT2D eigenvalue weighted by atomic mass is 10.2. The SMILES string of the molecule is O=C(CN1CCN(c2ccccc2F)C1=O)N1CCC(Oc2ccc3ccccc3n2)C1. The zero-order valence-corrected chi connectivity index (χ0v) is 17.5. The summed E-state index contributed by atoms with van der Waals surface area (Å²) in [5, 5.41) is 1.04. The summed E-state index contributed by atoms with van der Waals surface area (Å²) in [6, 6.07) is 17.5.